The molecule has 0 spiro atoms. The highest BCUT2D eigenvalue weighted by atomic mass is 16.4. The van der Waals surface area contributed by atoms with Crippen LogP contribution in [-0.4, -0.2) is 46.3 Å². The number of oxazole rings is 1. The zero-order valence-electron chi connectivity index (χ0n) is 14.6. The lowest BCUT2D eigenvalue weighted by molar-refractivity contribution is 0.179. The third-order valence-electron chi connectivity index (χ3n) is 5.00. The number of aromatic nitrogens is 3. The van der Waals surface area contributed by atoms with E-state index in [4.69, 9.17) is 4.42 Å². The summed E-state index contributed by atoms with van der Waals surface area (Å²) in [5, 5.41) is 8.76. The maximum absolute atomic E-state index is 5.80. The topological polar surface area (TPSA) is 58.3 Å². The van der Waals surface area contributed by atoms with Gasteiger partial charge in [-0.15, -0.1) is 5.10 Å². The molecule has 4 rings (SSSR count). The third kappa shape index (κ3) is 3.15. The standard InChI is InChI=1S/C18H25N5O/c1-12(2)16-8-19-18(24-16)11-22(3)14-9-23(10-14)17-7-6-15(20-21-17)13-4-5-13/h6-8,12-14H,4-5,9-11H2,1-3H3. The third-order valence-corrected chi connectivity index (χ3v) is 5.00. The van der Waals surface area contributed by atoms with Crippen molar-refractivity contribution in [2.45, 2.75) is 51.1 Å². The van der Waals surface area contributed by atoms with E-state index in [1.54, 1.807) is 0 Å². The SMILES string of the molecule is CC(C)c1cnc(CN(C)C2CN(c3ccc(C4CC4)nn3)C2)o1. The molecule has 3 heterocycles. The molecule has 0 bridgehead atoms. The van der Waals surface area contributed by atoms with E-state index in [1.165, 1.54) is 12.8 Å². The van der Waals surface area contributed by atoms with E-state index in [0.717, 1.165) is 42.8 Å². The van der Waals surface area contributed by atoms with Gasteiger partial charge in [0.1, 0.15) is 5.76 Å². The van der Waals surface area contributed by atoms with Gasteiger partial charge >= 0.3 is 0 Å². The van der Waals surface area contributed by atoms with Gasteiger partial charge in [0.25, 0.3) is 0 Å². The summed E-state index contributed by atoms with van der Waals surface area (Å²) >= 11 is 0. The second-order valence-corrected chi connectivity index (χ2v) is 7.38. The first-order valence-electron chi connectivity index (χ1n) is 8.83. The molecule has 128 valence electrons. The minimum absolute atomic E-state index is 0.382. The highest BCUT2D eigenvalue weighted by Gasteiger charge is 2.32. The Balaban J connectivity index is 1.29. The molecule has 6 nitrogen and oxygen atoms in total. The van der Waals surface area contributed by atoms with Crippen LogP contribution in [0.1, 0.15) is 55.9 Å². The Labute approximate surface area is 142 Å². The zero-order chi connectivity index (χ0) is 16.7. The Morgan fingerprint density at radius 3 is 2.62 bits per heavy atom. The molecule has 2 fully saturated rings. The quantitative estimate of drug-likeness (QED) is 0.813. The van der Waals surface area contributed by atoms with Crippen molar-refractivity contribution >= 4 is 5.82 Å². The molecule has 0 aromatic carbocycles. The maximum Gasteiger partial charge on any atom is 0.208 e. The molecule has 0 unspecified atom stereocenters. The van der Waals surface area contributed by atoms with E-state index in [2.05, 4.69) is 58.0 Å². The van der Waals surface area contributed by atoms with E-state index in [1.807, 2.05) is 6.20 Å². The second kappa shape index (κ2) is 6.16. The summed E-state index contributed by atoms with van der Waals surface area (Å²) in [6, 6.07) is 4.75. The van der Waals surface area contributed by atoms with Crippen LogP contribution in [0, 0.1) is 0 Å². The summed E-state index contributed by atoms with van der Waals surface area (Å²) in [5.74, 6) is 3.79. The van der Waals surface area contributed by atoms with E-state index in [-0.39, 0.29) is 0 Å². The molecule has 1 saturated heterocycles. The molecule has 2 aliphatic rings. The Kier molecular flexibility index (Phi) is 4.00. The van der Waals surface area contributed by atoms with Crippen molar-refractivity contribution in [3.63, 3.8) is 0 Å². The van der Waals surface area contributed by atoms with Crippen LogP contribution in [0.3, 0.4) is 0 Å². The lowest BCUT2D eigenvalue weighted by Crippen LogP contribution is -2.58. The van der Waals surface area contributed by atoms with E-state index >= 15 is 0 Å². The molecular formula is C18H25N5O. The van der Waals surface area contributed by atoms with Crippen LogP contribution in [0.5, 0.6) is 0 Å². The fourth-order valence-corrected chi connectivity index (χ4v) is 3.03. The van der Waals surface area contributed by atoms with Crippen LogP contribution in [0.25, 0.3) is 0 Å². The van der Waals surface area contributed by atoms with Crippen LogP contribution in [0.15, 0.2) is 22.7 Å². The largest absolute Gasteiger partial charge is 0.444 e. The number of likely N-dealkylation sites (N-methyl/N-ethyl adjacent to an activating group) is 1. The van der Waals surface area contributed by atoms with Gasteiger partial charge in [0.2, 0.25) is 5.89 Å². The van der Waals surface area contributed by atoms with Gasteiger partial charge in [0.15, 0.2) is 5.82 Å². The Morgan fingerprint density at radius 2 is 2.04 bits per heavy atom. The predicted molar refractivity (Wildman–Crippen MR) is 92.1 cm³/mol. The van der Waals surface area contributed by atoms with E-state index < -0.39 is 0 Å². The number of rotatable bonds is 6. The fraction of sp³-hybridized carbons (Fsp3) is 0.611. The van der Waals surface area contributed by atoms with Gasteiger partial charge in [-0.1, -0.05) is 13.8 Å². The molecular weight excluding hydrogens is 302 g/mol. The van der Waals surface area contributed by atoms with Crippen molar-refractivity contribution in [1.29, 1.82) is 0 Å². The summed E-state index contributed by atoms with van der Waals surface area (Å²) in [5.41, 5.74) is 1.15. The van der Waals surface area contributed by atoms with Gasteiger partial charge in [0, 0.05) is 31.0 Å². The van der Waals surface area contributed by atoms with Gasteiger partial charge < -0.3 is 9.32 Å². The first-order valence-corrected chi connectivity index (χ1v) is 8.83. The monoisotopic (exact) mass is 327 g/mol. The average Bonchev–Trinajstić information content (AvgIpc) is 3.26. The van der Waals surface area contributed by atoms with Gasteiger partial charge in [0.05, 0.1) is 18.4 Å². The van der Waals surface area contributed by atoms with E-state index in [0.29, 0.717) is 17.9 Å². The Hall–Kier alpha value is -1.95. The van der Waals surface area contributed by atoms with Crippen LogP contribution in [0.2, 0.25) is 0 Å². The summed E-state index contributed by atoms with van der Waals surface area (Å²) in [6.07, 6.45) is 4.38. The smallest absolute Gasteiger partial charge is 0.208 e. The molecule has 0 N–H and O–H groups in total. The molecule has 1 saturated carbocycles. The minimum Gasteiger partial charge on any atom is -0.444 e. The van der Waals surface area contributed by atoms with Gasteiger partial charge in [-0.3, -0.25) is 4.90 Å². The number of anilines is 1. The molecule has 1 aliphatic heterocycles. The summed E-state index contributed by atoms with van der Waals surface area (Å²) in [7, 11) is 2.13. The normalized spacial score (nSPS) is 18.5. The summed E-state index contributed by atoms with van der Waals surface area (Å²) < 4.78 is 5.80. The van der Waals surface area contributed by atoms with Crippen LogP contribution in [0.4, 0.5) is 5.82 Å². The van der Waals surface area contributed by atoms with Gasteiger partial charge in [-0.25, -0.2) is 4.98 Å². The van der Waals surface area contributed by atoms with Crippen molar-refractivity contribution in [3.05, 3.63) is 35.7 Å². The van der Waals surface area contributed by atoms with Crippen molar-refractivity contribution in [2.75, 3.05) is 25.0 Å². The highest BCUT2D eigenvalue weighted by molar-refractivity contribution is 5.42. The molecule has 0 atom stereocenters. The van der Waals surface area contributed by atoms with Crippen LogP contribution >= 0.6 is 0 Å². The van der Waals surface area contributed by atoms with Crippen LogP contribution < -0.4 is 4.90 Å². The molecule has 6 heteroatoms. The fourth-order valence-electron chi connectivity index (χ4n) is 3.03. The van der Waals surface area contributed by atoms with Crippen molar-refractivity contribution in [3.8, 4) is 0 Å². The van der Waals surface area contributed by atoms with Crippen molar-refractivity contribution in [2.24, 2.45) is 0 Å². The number of hydrogen-bond donors (Lipinski definition) is 0. The van der Waals surface area contributed by atoms with Crippen molar-refractivity contribution in [1.82, 2.24) is 20.1 Å². The molecule has 24 heavy (non-hydrogen) atoms. The maximum atomic E-state index is 5.80. The predicted octanol–water partition coefficient (Wildman–Crippen LogP) is 2.79. The Bertz CT molecular complexity index is 686. The minimum atomic E-state index is 0.382. The van der Waals surface area contributed by atoms with Crippen molar-refractivity contribution < 1.29 is 4.42 Å². The Morgan fingerprint density at radius 1 is 1.25 bits per heavy atom. The first-order chi connectivity index (χ1) is 11.6. The summed E-state index contributed by atoms with van der Waals surface area (Å²) in [4.78, 5) is 8.96. The molecule has 1 aliphatic carbocycles. The van der Waals surface area contributed by atoms with E-state index in [9.17, 15) is 0 Å². The number of hydrogen-bond acceptors (Lipinski definition) is 6. The average molecular weight is 327 g/mol. The highest BCUT2D eigenvalue weighted by Crippen LogP contribution is 2.38. The zero-order valence-corrected chi connectivity index (χ0v) is 14.6. The number of nitrogens with zero attached hydrogens (tertiary/aromatic N) is 5. The second-order valence-electron chi connectivity index (χ2n) is 7.38. The first kappa shape index (κ1) is 15.6. The van der Waals surface area contributed by atoms with Crippen LogP contribution in [-0.2, 0) is 6.54 Å². The molecule has 0 amide bonds. The van der Waals surface area contributed by atoms with Gasteiger partial charge in [-0.2, -0.15) is 5.10 Å². The lowest BCUT2D eigenvalue weighted by Gasteiger charge is -2.44. The summed E-state index contributed by atoms with van der Waals surface area (Å²) in [6.45, 7) is 6.94. The molecule has 2 aromatic heterocycles. The molecule has 2 aromatic rings. The molecule has 0 radical (unpaired) electrons. The van der Waals surface area contributed by atoms with Gasteiger partial charge in [-0.05, 0) is 32.0 Å². The lowest BCUT2D eigenvalue weighted by atomic mass is 10.1.